The maximum Gasteiger partial charge on any atom is 0.0838 e. The number of aliphatic hydroxyl groups excluding tert-OH is 2. The predicted octanol–water partition coefficient (Wildman–Crippen LogP) is 0.687. The van der Waals surface area contributed by atoms with E-state index in [1.807, 2.05) is 6.92 Å². The average Bonchev–Trinajstić information content (AvgIpc) is 2.09. The number of ether oxygens (including phenoxy) is 1. The van der Waals surface area contributed by atoms with E-state index in [9.17, 15) is 5.11 Å². The van der Waals surface area contributed by atoms with Gasteiger partial charge in [0.05, 0.1) is 24.9 Å². The van der Waals surface area contributed by atoms with Crippen LogP contribution in [0.15, 0.2) is 0 Å². The van der Waals surface area contributed by atoms with Gasteiger partial charge in [0.15, 0.2) is 0 Å². The molecule has 72 valence electrons. The molecule has 3 unspecified atom stereocenters. The summed E-state index contributed by atoms with van der Waals surface area (Å²) < 4.78 is 5.45. The van der Waals surface area contributed by atoms with Crippen molar-refractivity contribution in [3.63, 3.8) is 0 Å². The Labute approximate surface area is 73.4 Å². The third-order valence-corrected chi connectivity index (χ3v) is 2.33. The molecule has 12 heavy (non-hydrogen) atoms. The fraction of sp³-hybridized carbons (Fsp3) is 1.00. The zero-order valence-corrected chi connectivity index (χ0v) is 7.57. The summed E-state index contributed by atoms with van der Waals surface area (Å²) in [4.78, 5) is 0. The molecule has 0 aromatic heterocycles. The summed E-state index contributed by atoms with van der Waals surface area (Å²) >= 11 is 0. The molecule has 3 atom stereocenters. The third kappa shape index (κ3) is 2.73. The molecule has 0 aromatic rings. The molecular formula is C9H18O3. The Morgan fingerprint density at radius 2 is 2.08 bits per heavy atom. The lowest BCUT2D eigenvalue weighted by atomic mass is 9.95. The van der Waals surface area contributed by atoms with E-state index in [0.29, 0.717) is 0 Å². The van der Waals surface area contributed by atoms with Gasteiger partial charge in [-0.15, -0.1) is 0 Å². The highest BCUT2D eigenvalue weighted by Crippen LogP contribution is 2.21. The molecule has 0 bridgehead atoms. The smallest absolute Gasteiger partial charge is 0.0838 e. The molecular weight excluding hydrogens is 156 g/mol. The van der Waals surface area contributed by atoms with E-state index in [4.69, 9.17) is 9.84 Å². The van der Waals surface area contributed by atoms with Crippen LogP contribution in [0.2, 0.25) is 0 Å². The van der Waals surface area contributed by atoms with Gasteiger partial charge in [0, 0.05) is 0 Å². The molecule has 0 spiro atoms. The van der Waals surface area contributed by atoms with Crippen LogP contribution in [0.5, 0.6) is 0 Å². The Morgan fingerprint density at radius 3 is 2.67 bits per heavy atom. The van der Waals surface area contributed by atoms with E-state index in [1.54, 1.807) is 0 Å². The van der Waals surface area contributed by atoms with E-state index in [1.165, 1.54) is 0 Å². The summed E-state index contributed by atoms with van der Waals surface area (Å²) in [6.45, 7) is 1.85. The second-order valence-electron chi connectivity index (χ2n) is 3.52. The van der Waals surface area contributed by atoms with Gasteiger partial charge in [0.25, 0.3) is 0 Å². The Balaban J connectivity index is 2.28. The van der Waals surface area contributed by atoms with Crippen LogP contribution >= 0.6 is 0 Å². The quantitative estimate of drug-likeness (QED) is 0.661. The molecule has 0 amide bonds. The molecule has 1 aliphatic rings. The molecule has 3 nitrogen and oxygen atoms in total. The Kier molecular flexibility index (Phi) is 3.98. The normalized spacial score (nSPS) is 33.2. The second-order valence-corrected chi connectivity index (χ2v) is 3.52. The van der Waals surface area contributed by atoms with Gasteiger partial charge < -0.3 is 14.9 Å². The first-order chi connectivity index (χ1) is 5.74. The minimum Gasteiger partial charge on any atom is -0.394 e. The van der Waals surface area contributed by atoms with Crippen molar-refractivity contribution < 1.29 is 14.9 Å². The first-order valence-electron chi connectivity index (χ1n) is 4.68. The molecule has 1 rings (SSSR count). The van der Waals surface area contributed by atoms with Gasteiger partial charge in [0.2, 0.25) is 0 Å². The van der Waals surface area contributed by atoms with Crippen molar-refractivity contribution in [3.8, 4) is 0 Å². The van der Waals surface area contributed by atoms with Gasteiger partial charge in [-0.05, 0) is 19.8 Å². The van der Waals surface area contributed by atoms with Crippen LogP contribution in [0.4, 0.5) is 0 Å². The molecule has 3 heteroatoms. The zero-order chi connectivity index (χ0) is 8.97. The number of aliphatic hydroxyl groups is 2. The lowest BCUT2D eigenvalue weighted by Crippen LogP contribution is -2.35. The summed E-state index contributed by atoms with van der Waals surface area (Å²) in [6.07, 6.45) is 3.44. The Hall–Kier alpha value is -0.120. The average molecular weight is 174 g/mol. The maximum absolute atomic E-state index is 9.51. The van der Waals surface area contributed by atoms with Crippen molar-refractivity contribution >= 4 is 0 Å². The molecule has 1 aliphatic carbocycles. The molecule has 0 aliphatic heterocycles. The summed E-state index contributed by atoms with van der Waals surface area (Å²) in [5.74, 6) is 0. The van der Waals surface area contributed by atoms with Crippen LogP contribution in [0.3, 0.4) is 0 Å². The van der Waals surface area contributed by atoms with Gasteiger partial charge in [0.1, 0.15) is 0 Å². The van der Waals surface area contributed by atoms with Crippen molar-refractivity contribution in [2.45, 2.75) is 50.9 Å². The predicted molar refractivity (Wildman–Crippen MR) is 45.9 cm³/mol. The minimum atomic E-state index is -0.326. The molecule has 0 aromatic carbocycles. The lowest BCUT2D eigenvalue weighted by molar-refractivity contribution is -0.100. The number of hydrogen-bond donors (Lipinski definition) is 2. The summed E-state index contributed by atoms with van der Waals surface area (Å²) in [6, 6.07) is 0. The maximum atomic E-state index is 9.51. The van der Waals surface area contributed by atoms with Gasteiger partial charge >= 0.3 is 0 Å². The number of hydrogen-bond acceptors (Lipinski definition) is 3. The molecule has 1 saturated carbocycles. The first kappa shape index (κ1) is 9.96. The van der Waals surface area contributed by atoms with Crippen LogP contribution in [-0.2, 0) is 4.74 Å². The van der Waals surface area contributed by atoms with Gasteiger partial charge in [-0.3, -0.25) is 0 Å². The van der Waals surface area contributed by atoms with Crippen LogP contribution in [0.1, 0.15) is 32.6 Å². The minimum absolute atomic E-state index is 0.0310. The summed E-state index contributed by atoms with van der Waals surface area (Å²) in [5.41, 5.74) is 0. The van der Waals surface area contributed by atoms with Crippen molar-refractivity contribution in [2.75, 3.05) is 6.61 Å². The third-order valence-electron chi connectivity index (χ3n) is 2.33. The highest BCUT2D eigenvalue weighted by atomic mass is 16.5. The van der Waals surface area contributed by atoms with Crippen molar-refractivity contribution in [1.29, 1.82) is 0 Å². The Morgan fingerprint density at radius 1 is 1.42 bits per heavy atom. The largest absolute Gasteiger partial charge is 0.394 e. The van der Waals surface area contributed by atoms with Gasteiger partial charge in [-0.2, -0.15) is 0 Å². The van der Waals surface area contributed by atoms with E-state index < -0.39 is 0 Å². The van der Waals surface area contributed by atoms with Crippen molar-refractivity contribution in [1.82, 2.24) is 0 Å². The highest BCUT2D eigenvalue weighted by molar-refractivity contribution is 4.75. The fourth-order valence-corrected chi connectivity index (χ4v) is 1.58. The summed E-state index contributed by atoms with van der Waals surface area (Å²) in [5, 5.41) is 18.3. The lowest BCUT2D eigenvalue weighted by Gasteiger charge is -2.29. The van der Waals surface area contributed by atoms with Crippen LogP contribution in [0.25, 0.3) is 0 Å². The standard InChI is InChI=1S/C9H18O3/c1-7(6-10)12-9-5-3-2-4-8(9)11/h7-11H,2-6H2,1H3. The Bertz CT molecular complexity index is 127. The molecule has 2 N–H and O–H groups in total. The second kappa shape index (κ2) is 4.80. The first-order valence-corrected chi connectivity index (χ1v) is 4.68. The van der Waals surface area contributed by atoms with Gasteiger partial charge in [-0.25, -0.2) is 0 Å². The SMILES string of the molecule is CC(CO)OC1CCCCC1O. The monoisotopic (exact) mass is 174 g/mol. The van der Waals surface area contributed by atoms with Crippen LogP contribution in [0, 0.1) is 0 Å². The highest BCUT2D eigenvalue weighted by Gasteiger charge is 2.24. The fourth-order valence-electron chi connectivity index (χ4n) is 1.58. The van der Waals surface area contributed by atoms with E-state index in [-0.39, 0.29) is 24.9 Å². The molecule has 1 fully saturated rings. The number of rotatable bonds is 3. The topological polar surface area (TPSA) is 49.7 Å². The van der Waals surface area contributed by atoms with Crippen LogP contribution < -0.4 is 0 Å². The van der Waals surface area contributed by atoms with Crippen molar-refractivity contribution in [3.05, 3.63) is 0 Å². The molecule has 0 radical (unpaired) electrons. The van der Waals surface area contributed by atoms with Crippen LogP contribution in [-0.4, -0.2) is 35.1 Å². The van der Waals surface area contributed by atoms with Gasteiger partial charge in [-0.1, -0.05) is 12.8 Å². The van der Waals surface area contributed by atoms with Crippen molar-refractivity contribution in [2.24, 2.45) is 0 Å². The summed E-state index contributed by atoms with van der Waals surface area (Å²) in [7, 11) is 0. The van der Waals surface area contributed by atoms with E-state index in [0.717, 1.165) is 25.7 Å². The molecule has 0 heterocycles. The molecule has 0 saturated heterocycles. The zero-order valence-electron chi connectivity index (χ0n) is 7.57. The van der Waals surface area contributed by atoms with E-state index in [2.05, 4.69) is 0 Å². The van der Waals surface area contributed by atoms with E-state index >= 15 is 0 Å².